The highest BCUT2D eigenvalue weighted by molar-refractivity contribution is 4.88. The molecule has 0 aromatic rings. The third kappa shape index (κ3) is 1.19. The first kappa shape index (κ1) is 5.54. The topological polar surface area (TPSA) is 45.0 Å². The van der Waals surface area contributed by atoms with Gasteiger partial charge in [-0.1, -0.05) is 0 Å². The molecule has 1 unspecified atom stereocenters. The first-order valence-electron chi connectivity index (χ1n) is 2.70. The number of hydrogen-bond acceptors (Lipinski definition) is 3. The average molecular weight is 112 g/mol. The van der Waals surface area contributed by atoms with Gasteiger partial charge in [-0.25, -0.2) is 0 Å². The first-order valence-corrected chi connectivity index (χ1v) is 2.70. The molecule has 44 valence electrons. The van der Waals surface area contributed by atoms with Crippen LogP contribution in [0.3, 0.4) is 0 Å². The van der Waals surface area contributed by atoms with Crippen molar-refractivity contribution < 1.29 is 4.84 Å². The molecule has 3 heteroatoms. The van der Waals surface area contributed by atoms with Gasteiger partial charge in [-0.05, 0) is 12.8 Å². The molecule has 1 aliphatic heterocycles. The summed E-state index contributed by atoms with van der Waals surface area (Å²) >= 11 is 0. The zero-order valence-electron chi connectivity index (χ0n) is 4.55. The minimum atomic E-state index is -0.0799. The minimum Gasteiger partial charge on any atom is -0.301 e. The molecule has 0 spiro atoms. The summed E-state index contributed by atoms with van der Waals surface area (Å²) in [6.45, 7) is 0.734. The van der Waals surface area contributed by atoms with Crippen molar-refractivity contribution in [1.82, 2.24) is 5.48 Å². The number of nitrogens with zero attached hydrogens (tertiary/aromatic N) is 1. The van der Waals surface area contributed by atoms with E-state index in [-0.39, 0.29) is 6.04 Å². The van der Waals surface area contributed by atoms with Gasteiger partial charge in [0.15, 0.2) is 0 Å². The lowest BCUT2D eigenvalue weighted by Crippen LogP contribution is -2.32. The van der Waals surface area contributed by atoms with Crippen LogP contribution in [0.2, 0.25) is 0 Å². The second-order valence-electron chi connectivity index (χ2n) is 1.79. The lowest BCUT2D eigenvalue weighted by atomic mass is 10.2. The average Bonchev–Trinajstić information content (AvgIpc) is 1.90. The quantitative estimate of drug-likeness (QED) is 0.486. The standard InChI is InChI=1S/C5H8N2O/c6-4-5-2-1-3-8-7-5/h5,7H,1-3H2. The predicted octanol–water partition coefficient (Wildman–Crippen LogP) is 0.194. The van der Waals surface area contributed by atoms with Gasteiger partial charge in [0, 0.05) is 0 Å². The van der Waals surface area contributed by atoms with Gasteiger partial charge < -0.3 is 4.84 Å². The van der Waals surface area contributed by atoms with Crippen molar-refractivity contribution in [2.45, 2.75) is 18.9 Å². The third-order valence-electron chi connectivity index (χ3n) is 1.12. The zero-order valence-corrected chi connectivity index (χ0v) is 4.55. The SMILES string of the molecule is N#CC1CCCON1. The van der Waals surface area contributed by atoms with Gasteiger partial charge in [-0.2, -0.15) is 10.7 Å². The zero-order chi connectivity index (χ0) is 5.82. The van der Waals surface area contributed by atoms with Crippen molar-refractivity contribution in [3.8, 4) is 6.07 Å². The van der Waals surface area contributed by atoms with E-state index < -0.39 is 0 Å². The molecule has 1 aliphatic rings. The summed E-state index contributed by atoms with van der Waals surface area (Å²) in [4.78, 5) is 4.80. The van der Waals surface area contributed by atoms with E-state index in [9.17, 15) is 0 Å². The fourth-order valence-corrected chi connectivity index (χ4v) is 0.669. The molecule has 0 aliphatic carbocycles. The van der Waals surface area contributed by atoms with Crippen molar-refractivity contribution in [3.05, 3.63) is 0 Å². The fraction of sp³-hybridized carbons (Fsp3) is 0.800. The van der Waals surface area contributed by atoms with Crippen LogP contribution in [0.15, 0.2) is 0 Å². The van der Waals surface area contributed by atoms with Gasteiger partial charge in [0.2, 0.25) is 0 Å². The minimum absolute atomic E-state index is 0.0799. The molecule has 0 amide bonds. The maximum Gasteiger partial charge on any atom is 0.119 e. The van der Waals surface area contributed by atoms with E-state index in [0.717, 1.165) is 19.4 Å². The summed E-state index contributed by atoms with van der Waals surface area (Å²) in [6, 6.07) is 1.99. The maximum atomic E-state index is 8.30. The maximum absolute atomic E-state index is 8.30. The molecular weight excluding hydrogens is 104 g/mol. The molecule has 1 rings (SSSR count). The molecule has 0 aromatic carbocycles. The van der Waals surface area contributed by atoms with Crippen LogP contribution in [0, 0.1) is 11.3 Å². The van der Waals surface area contributed by atoms with E-state index in [1.54, 1.807) is 0 Å². The van der Waals surface area contributed by atoms with Gasteiger partial charge >= 0.3 is 0 Å². The van der Waals surface area contributed by atoms with Gasteiger partial charge in [0.05, 0.1) is 12.7 Å². The Labute approximate surface area is 48.2 Å². The van der Waals surface area contributed by atoms with E-state index in [1.165, 1.54) is 0 Å². The number of hydroxylamine groups is 1. The lowest BCUT2D eigenvalue weighted by Gasteiger charge is -2.15. The normalized spacial score (nSPS) is 29.1. The summed E-state index contributed by atoms with van der Waals surface area (Å²) in [5.41, 5.74) is 2.61. The van der Waals surface area contributed by atoms with Gasteiger partial charge in [-0.3, -0.25) is 0 Å². The molecular formula is C5H8N2O. The Morgan fingerprint density at radius 3 is 3.00 bits per heavy atom. The Balaban J connectivity index is 2.25. The Bertz CT molecular complexity index is 101. The molecule has 0 aromatic heterocycles. The van der Waals surface area contributed by atoms with Gasteiger partial charge in [0.1, 0.15) is 6.04 Å². The third-order valence-corrected chi connectivity index (χ3v) is 1.12. The smallest absolute Gasteiger partial charge is 0.119 e. The molecule has 0 bridgehead atoms. The van der Waals surface area contributed by atoms with Crippen molar-refractivity contribution in [1.29, 1.82) is 5.26 Å². The van der Waals surface area contributed by atoms with E-state index in [4.69, 9.17) is 10.1 Å². The first-order chi connectivity index (χ1) is 3.93. The van der Waals surface area contributed by atoms with Crippen molar-refractivity contribution in [2.24, 2.45) is 0 Å². The van der Waals surface area contributed by atoms with Gasteiger partial charge in [0.25, 0.3) is 0 Å². The summed E-state index contributed by atoms with van der Waals surface area (Å²) in [6.07, 6.45) is 1.90. The second-order valence-corrected chi connectivity index (χ2v) is 1.79. The summed E-state index contributed by atoms with van der Waals surface area (Å²) < 4.78 is 0. The molecule has 1 atom stereocenters. The van der Waals surface area contributed by atoms with Crippen LogP contribution in [0.1, 0.15) is 12.8 Å². The molecule has 0 radical (unpaired) electrons. The number of rotatable bonds is 0. The Morgan fingerprint density at radius 2 is 2.62 bits per heavy atom. The molecule has 1 heterocycles. The molecule has 1 saturated heterocycles. The summed E-state index contributed by atoms with van der Waals surface area (Å²) in [5, 5.41) is 8.30. The largest absolute Gasteiger partial charge is 0.301 e. The number of hydrogen-bond donors (Lipinski definition) is 1. The Hall–Kier alpha value is -0.590. The van der Waals surface area contributed by atoms with Crippen LogP contribution in [0.5, 0.6) is 0 Å². The molecule has 0 saturated carbocycles. The van der Waals surface area contributed by atoms with E-state index in [0.29, 0.717) is 0 Å². The van der Waals surface area contributed by atoms with E-state index >= 15 is 0 Å². The number of nitriles is 1. The van der Waals surface area contributed by atoms with E-state index in [2.05, 4.69) is 11.5 Å². The summed E-state index contributed by atoms with van der Waals surface area (Å²) in [5.74, 6) is 0. The van der Waals surface area contributed by atoms with Crippen LogP contribution in [-0.2, 0) is 4.84 Å². The van der Waals surface area contributed by atoms with Crippen molar-refractivity contribution in [3.63, 3.8) is 0 Å². The van der Waals surface area contributed by atoms with Crippen molar-refractivity contribution >= 4 is 0 Å². The number of nitrogens with one attached hydrogen (secondary N) is 1. The summed E-state index contributed by atoms with van der Waals surface area (Å²) in [7, 11) is 0. The highest BCUT2D eigenvalue weighted by Crippen LogP contribution is 2.01. The second kappa shape index (κ2) is 2.65. The highest BCUT2D eigenvalue weighted by atomic mass is 16.6. The monoisotopic (exact) mass is 112 g/mol. The molecule has 3 nitrogen and oxygen atoms in total. The van der Waals surface area contributed by atoms with Crippen LogP contribution in [0.4, 0.5) is 0 Å². The Kier molecular flexibility index (Phi) is 1.84. The van der Waals surface area contributed by atoms with Crippen molar-refractivity contribution in [2.75, 3.05) is 6.61 Å². The predicted molar refractivity (Wildman–Crippen MR) is 27.7 cm³/mol. The van der Waals surface area contributed by atoms with E-state index in [1.807, 2.05) is 0 Å². The Morgan fingerprint density at radius 1 is 1.75 bits per heavy atom. The molecule has 8 heavy (non-hydrogen) atoms. The lowest BCUT2D eigenvalue weighted by molar-refractivity contribution is -0.00453. The fourth-order valence-electron chi connectivity index (χ4n) is 0.669. The van der Waals surface area contributed by atoms with Crippen LogP contribution in [0.25, 0.3) is 0 Å². The molecule has 1 fully saturated rings. The van der Waals surface area contributed by atoms with Gasteiger partial charge in [-0.15, -0.1) is 0 Å². The molecule has 1 N–H and O–H groups in total. The van der Waals surface area contributed by atoms with Crippen LogP contribution in [-0.4, -0.2) is 12.6 Å². The van der Waals surface area contributed by atoms with Crippen LogP contribution < -0.4 is 5.48 Å². The van der Waals surface area contributed by atoms with Crippen LogP contribution >= 0.6 is 0 Å². The highest BCUT2D eigenvalue weighted by Gasteiger charge is 2.10.